The zero-order valence-corrected chi connectivity index (χ0v) is 29.8. The molecule has 2 aromatic rings. The van der Waals surface area contributed by atoms with Crippen LogP contribution in [-0.4, -0.2) is 70.5 Å². The van der Waals surface area contributed by atoms with Gasteiger partial charge >= 0.3 is 6.03 Å². The Morgan fingerprint density at radius 3 is 2.54 bits per heavy atom. The Balaban J connectivity index is 1.21. The van der Waals surface area contributed by atoms with Crippen molar-refractivity contribution < 1.29 is 24.5 Å². The summed E-state index contributed by atoms with van der Waals surface area (Å²) in [6.07, 6.45) is 14.0. The summed E-state index contributed by atoms with van der Waals surface area (Å²) in [4.78, 5) is 31.2. The number of rotatable bonds is 7. The van der Waals surface area contributed by atoms with Crippen molar-refractivity contribution in [3.05, 3.63) is 59.0 Å². The minimum atomic E-state index is -1.11. The van der Waals surface area contributed by atoms with Crippen LogP contribution in [0.5, 0.6) is 0 Å². The maximum absolute atomic E-state index is 15.0. The molecule has 9 unspecified atom stereocenters. The lowest BCUT2D eigenvalue weighted by Gasteiger charge is -2.71. The monoisotopic (exact) mass is 672 g/mol. The lowest BCUT2D eigenvalue weighted by molar-refractivity contribution is -0.175. The average Bonchev–Trinajstić information content (AvgIpc) is 3.78. The van der Waals surface area contributed by atoms with Crippen molar-refractivity contribution in [1.82, 2.24) is 10.2 Å². The van der Waals surface area contributed by atoms with Gasteiger partial charge in [-0.15, -0.1) is 11.3 Å². The predicted octanol–water partition coefficient (Wildman–Crippen LogP) is 7.27. The molecular formula is C40H52N2O5S. The van der Waals surface area contributed by atoms with Crippen molar-refractivity contribution in [2.24, 2.45) is 33.5 Å². The average molecular weight is 673 g/mol. The van der Waals surface area contributed by atoms with Crippen LogP contribution in [0.2, 0.25) is 0 Å². The number of nitrogens with zero attached hydrogens (tertiary/aromatic N) is 1. The van der Waals surface area contributed by atoms with Gasteiger partial charge in [-0.2, -0.15) is 0 Å². The van der Waals surface area contributed by atoms with Crippen molar-refractivity contribution in [2.75, 3.05) is 19.7 Å². The first-order chi connectivity index (χ1) is 22.8. The first-order valence-electron chi connectivity index (χ1n) is 18.4. The molecule has 48 heavy (non-hydrogen) atoms. The number of ketones is 1. The summed E-state index contributed by atoms with van der Waals surface area (Å²) in [5.41, 5.74) is -1.73. The molecule has 7 aliphatic rings. The van der Waals surface area contributed by atoms with Crippen molar-refractivity contribution in [2.45, 2.75) is 109 Å². The van der Waals surface area contributed by atoms with Gasteiger partial charge in [0.05, 0.1) is 29.2 Å². The molecule has 258 valence electrons. The molecule has 2 heterocycles. The fourth-order valence-electron chi connectivity index (χ4n) is 11.7. The minimum Gasteiger partial charge on any atom is -0.393 e. The van der Waals surface area contributed by atoms with E-state index in [4.69, 9.17) is 4.74 Å². The number of urea groups is 1. The number of aliphatic hydroxyl groups is 2. The largest absolute Gasteiger partial charge is 0.393 e. The molecule has 1 aromatic carbocycles. The normalized spacial score (nSPS) is 41.2. The second kappa shape index (κ2) is 11.2. The van der Waals surface area contributed by atoms with Gasteiger partial charge in [0, 0.05) is 45.7 Å². The van der Waals surface area contributed by atoms with E-state index in [1.54, 1.807) is 11.3 Å². The Bertz CT molecular complexity index is 1660. The van der Waals surface area contributed by atoms with Crippen molar-refractivity contribution in [3.8, 4) is 0 Å². The lowest BCUT2D eigenvalue weighted by atomic mass is 9.32. The van der Waals surface area contributed by atoms with Gasteiger partial charge in [0.2, 0.25) is 0 Å². The van der Waals surface area contributed by atoms with Crippen LogP contribution in [0.4, 0.5) is 4.79 Å². The standard InChI is InChI=1S/C40H52N2O5S/c1-25(2)41-35(45)42(23-28-9-7-19-47-28)24-39(46)16-13-33-37(39,4)15-12-32-36(3)14-11-27(43)21-38(36)17-18-40(32,33)29(22-38)34(44)31-20-26-8-5-6-10-30(26)48-31/h5-6,8,10,17-18,20,22,25,27-28,32-33,43,46H,7,9,11-16,19,21,23-24H2,1-4H3,(H,41,45). The Kier molecular flexibility index (Phi) is 7.65. The molecule has 2 bridgehead atoms. The number of ether oxygens (including phenoxy) is 1. The third-order valence-electron chi connectivity index (χ3n) is 14.2. The molecule has 2 amide bonds. The maximum atomic E-state index is 15.0. The molecule has 8 heteroatoms. The molecule has 1 aromatic heterocycles. The van der Waals surface area contributed by atoms with Gasteiger partial charge in [-0.05, 0) is 106 Å². The smallest absolute Gasteiger partial charge is 0.317 e. The molecular weight excluding hydrogens is 621 g/mol. The van der Waals surface area contributed by atoms with Gasteiger partial charge in [0.25, 0.3) is 0 Å². The molecule has 2 spiro atoms. The van der Waals surface area contributed by atoms with E-state index in [9.17, 15) is 19.8 Å². The zero-order chi connectivity index (χ0) is 33.7. The number of benzene rings is 1. The van der Waals surface area contributed by atoms with Gasteiger partial charge in [-0.25, -0.2) is 4.79 Å². The number of carbonyl (C=O) groups is 2. The number of allylic oxidation sites excluding steroid dienone is 4. The summed E-state index contributed by atoms with van der Waals surface area (Å²) in [6.45, 7) is 10.0. The topological polar surface area (TPSA) is 99.1 Å². The SMILES string of the molecule is CC(C)NC(=O)N(CC1CCCO1)CC1(O)CCC2C34C=CC5(C=C3C(=O)c3cc6ccccc6s3)CC(O)CCC5(C)C4CCC21C. The molecule has 1 aliphatic heterocycles. The van der Waals surface area contributed by atoms with E-state index >= 15 is 0 Å². The molecule has 4 fully saturated rings. The summed E-state index contributed by atoms with van der Waals surface area (Å²) < 4.78 is 7.08. The number of aliphatic hydroxyl groups excluding tert-OH is 1. The van der Waals surface area contributed by atoms with Crippen LogP contribution in [0.1, 0.15) is 95.2 Å². The van der Waals surface area contributed by atoms with Crippen LogP contribution < -0.4 is 5.32 Å². The van der Waals surface area contributed by atoms with Crippen LogP contribution in [0.3, 0.4) is 0 Å². The van der Waals surface area contributed by atoms with Crippen LogP contribution >= 0.6 is 11.3 Å². The van der Waals surface area contributed by atoms with E-state index in [-0.39, 0.29) is 59.3 Å². The highest BCUT2D eigenvalue weighted by Gasteiger charge is 2.74. The van der Waals surface area contributed by atoms with E-state index in [1.807, 2.05) is 30.9 Å². The molecule has 7 nitrogen and oxygen atoms in total. The molecule has 9 rings (SSSR count). The highest BCUT2D eigenvalue weighted by atomic mass is 32.1. The molecule has 1 saturated heterocycles. The second-order valence-electron chi connectivity index (χ2n) is 16.9. The highest BCUT2D eigenvalue weighted by molar-refractivity contribution is 7.21. The maximum Gasteiger partial charge on any atom is 0.317 e. The first-order valence-corrected chi connectivity index (χ1v) is 19.2. The van der Waals surface area contributed by atoms with Gasteiger partial charge in [-0.3, -0.25) is 4.79 Å². The van der Waals surface area contributed by atoms with Crippen LogP contribution in [0, 0.1) is 33.5 Å². The van der Waals surface area contributed by atoms with Crippen molar-refractivity contribution in [3.63, 3.8) is 0 Å². The van der Waals surface area contributed by atoms with Crippen LogP contribution in [0.15, 0.2) is 54.1 Å². The fourth-order valence-corrected chi connectivity index (χ4v) is 12.7. The van der Waals surface area contributed by atoms with E-state index in [0.29, 0.717) is 26.0 Å². The summed E-state index contributed by atoms with van der Waals surface area (Å²) in [5.74, 6) is 0.367. The zero-order valence-electron chi connectivity index (χ0n) is 29.0. The molecule has 3 saturated carbocycles. The number of fused-ring (bicyclic) bond motifs is 2. The van der Waals surface area contributed by atoms with Crippen LogP contribution in [-0.2, 0) is 4.74 Å². The van der Waals surface area contributed by atoms with E-state index < -0.39 is 16.4 Å². The number of amides is 2. The van der Waals surface area contributed by atoms with Crippen molar-refractivity contribution >= 4 is 33.2 Å². The Morgan fingerprint density at radius 2 is 1.79 bits per heavy atom. The van der Waals surface area contributed by atoms with Gasteiger partial charge in [-0.1, -0.05) is 50.3 Å². The fraction of sp³-hybridized carbons (Fsp3) is 0.650. The Hall–Kier alpha value is -2.52. The third kappa shape index (κ3) is 4.54. The quantitative estimate of drug-likeness (QED) is 0.212. The third-order valence-corrected chi connectivity index (χ3v) is 15.3. The second-order valence-corrected chi connectivity index (χ2v) is 18.0. The van der Waals surface area contributed by atoms with Gasteiger partial charge in [0.15, 0.2) is 5.78 Å². The number of thiophene rings is 1. The van der Waals surface area contributed by atoms with E-state index in [1.165, 1.54) is 0 Å². The predicted molar refractivity (Wildman–Crippen MR) is 189 cm³/mol. The number of carbonyl (C=O) groups excluding carboxylic acids is 2. The number of hydrogen-bond acceptors (Lipinski definition) is 6. The Labute approximate surface area is 288 Å². The van der Waals surface area contributed by atoms with Crippen LogP contribution in [0.25, 0.3) is 10.1 Å². The summed E-state index contributed by atoms with van der Waals surface area (Å²) in [5, 5.41) is 28.1. The lowest BCUT2D eigenvalue weighted by Crippen LogP contribution is -2.67. The molecule has 0 radical (unpaired) electrons. The minimum absolute atomic E-state index is 0.0161. The number of Topliss-reactive ketones (excluding diaryl/α,β-unsaturated/α-hetero) is 1. The van der Waals surface area contributed by atoms with Gasteiger partial charge in [0.1, 0.15) is 0 Å². The summed E-state index contributed by atoms with van der Waals surface area (Å²) >= 11 is 1.57. The first kappa shape index (κ1) is 32.7. The number of hydrogen-bond donors (Lipinski definition) is 3. The van der Waals surface area contributed by atoms with E-state index in [2.05, 4.69) is 55.6 Å². The summed E-state index contributed by atoms with van der Waals surface area (Å²) in [7, 11) is 0. The Morgan fingerprint density at radius 1 is 1.04 bits per heavy atom. The highest BCUT2D eigenvalue weighted by Crippen LogP contribution is 2.78. The molecule has 9 atom stereocenters. The summed E-state index contributed by atoms with van der Waals surface area (Å²) in [6, 6.07) is 10.1. The van der Waals surface area contributed by atoms with Crippen molar-refractivity contribution in [1.29, 1.82) is 0 Å². The van der Waals surface area contributed by atoms with E-state index in [0.717, 1.165) is 65.5 Å². The molecule has 3 N–H and O–H groups in total. The number of nitrogens with one attached hydrogen (secondary N) is 1. The molecule has 6 aliphatic carbocycles. The van der Waals surface area contributed by atoms with Gasteiger partial charge < -0.3 is 25.2 Å².